The molecular weight excluding hydrogens is 466 g/mol. The third-order valence-electron chi connectivity index (χ3n) is 6.00. The van der Waals surface area contributed by atoms with Gasteiger partial charge in [-0.15, -0.1) is 0 Å². The molecular formula is C26H33N3O5S. The van der Waals surface area contributed by atoms with Crippen LogP contribution in [0.25, 0.3) is 0 Å². The van der Waals surface area contributed by atoms with Crippen molar-refractivity contribution in [2.75, 3.05) is 6.61 Å². The number of ether oxygens (including phenoxy) is 1. The van der Waals surface area contributed by atoms with Crippen LogP contribution >= 0.6 is 0 Å². The van der Waals surface area contributed by atoms with Gasteiger partial charge in [-0.2, -0.15) is 0 Å². The molecule has 1 aromatic carbocycles. The minimum atomic E-state index is -3.72. The normalized spacial score (nSPS) is 16.1. The molecule has 188 valence electrons. The van der Waals surface area contributed by atoms with Gasteiger partial charge in [0.1, 0.15) is 5.76 Å². The van der Waals surface area contributed by atoms with E-state index in [1.165, 1.54) is 0 Å². The highest BCUT2D eigenvalue weighted by molar-refractivity contribution is 7.90. The number of carbonyl (C=O) groups excluding carboxylic acids is 1. The van der Waals surface area contributed by atoms with Gasteiger partial charge >= 0.3 is 0 Å². The minimum absolute atomic E-state index is 0.0149. The molecule has 2 aromatic heterocycles. The van der Waals surface area contributed by atoms with Crippen LogP contribution in [0, 0.1) is 5.92 Å². The summed E-state index contributed by atoms with van der Waals surface area (Å²) in [6, 6.07) is 12.7. The van der Waals surface area contributed by atoms with Crippen molar-refractivity contribution in [3.8, 4) is 0 Å². The molecule has 0 aliphatic carbocycles. The summed E-state index contributed by atoms with van der Waals surface area (Å²) in [5.41, 5.74) is 1.36. The van der Waals surface area contributed by atoms with E-state index in [9.17, 15) is 13.2 Å². The van der Waals surface area contributed by atoms with Gasteiger partial charge in [0.15, 0.2) is 0 Å². The Morgan fingerprint density at radius 1 is 1.17 bits per heavy atom. The molecule has 0 N–H and O–H groups in total. The van der Waals surface area contributed by atoms with Gasteiger partial charge in [-0.05, 0) is 36.5 Å². The number of sulfone groups is 1. The number of amides is 1. The summed E-state index contributed by atoms with van der Waals surface area (Å²) >= 11 is 0. The van der Waals surface area contributed by atoms with Crippen LogP contribution in [0.5, 0.6) is 0 Å². The maximum Gasteiger partial charge on any atom is 0.228 e. The second-order valence-corrected chi connectivity index (χ2v) is 11.3. The van der Waals surface area contributed by atoms with Gasteiger partial charge in [0.25, 0.3) is 0 Å². The maximum atomic E-state index is 13.4. The lowest BCUT2D eigenvalue weighted by Gasteiger charge is -2.24. The largest absolute Gasteiger partial charge is 0.467 e. The van der Waals surface area contributed by atoms with Crippen LogP contribution in [0.1, 0.15) is 50.1 Å². The first kappa shape index (κ1) is 25.2. The Bertz CT molecular complexity index is 1200. The number of hydrogen-bond acceptors (Lipinski definition) is 6. The number of hydrogen-bond donors (Lipinski definition) is 0. The molecule has 0 spiro atoms. The maximum absolute atomic E-state index is 13.4. The molecule has 1 unspecified atom stereocenters. The van der Waals surface area contributed by atoms with E-state index in [1.54, 1.807) is 40.1 Å². The third-order valence-corrected chi connectivity index (χ3v) is 7.60. The summed E-state index contributed by atoms with van der Waals surface area (Å²) < 4.78 is 39.9. The first-order valence-corrected chi connectivity index (χ1v) is 13.7. The molecule has 3 heterocycles. The van der Waals surface area contributed by atoms with E-state index in [-0.39, 0.29) is 35.4 Å². The SMILES string of the molecule is CC(C)CC(=O)N(Cc1ccco1)Cc1cnc(S(=O)(=O)Cc2ccccc2)n1CC1CCCO1. The molecule has 0 radical (unpaired) electrons. The van der Waals surface area contributed by atoms with Crippen LogP contribution < -0.4 is 0 Å². The van der Waals surface area contributed by atoms with Crippen LogP contribution in [0.15, 0.2) is 64.5 Å². The van der Waals surface area contributed by atoms with Crippen LogP contribution in [0.3, 0.4) is 0 Å². The van der Waals surface area contributed by atoms with Gasteiger partial charge < -0.3 is 18.6 Å². The molecule has 8 nitrogen and oxygen atoms in total. The number of aromatic nitrogens is 2. The summed E-state index contributed by atoms with van der Waals surface area (Å²) in [7, 11) is -3.72. The molecule has 1 saturated heterocycles. The third kappa shape index (κ3) is 6.61. The molecule has 1 aliphatic rings. The molecule has 1 aliphatic heterocycles. The standard InChI is InChI=1S/C26H33N3O5S/c1-20(2)14-25(30)28(17-23-10-6-12-33-23)16-22-15-27-26(29(22)18-24-11-7-13-34-24)35(31,32)19-21-8-4-3-5-9-21/h3-6,8-10,12,15,20,24H,7,11,13-14,16-19H2,1-2H3. The van der Waals surface area contributed by atoms with Gasteiger partial charge in [0.2, 0.25) is 20.9 Å². The second kappa shape index (κ2) is 11.2. The number of carbonyl (C=O) groups is 1. The van der Waals surface area contributed by atoms with Crippen molar-refractivity contribution in [1.29, 1.82) is 0 Å². The average Bonchev–Trinajstić information content (AvgIpc) is 3.57. The molecule has 3 aromatic rings. The number of furan rings is 1. The highest BCUT2D eigenvalue weighted by Gasteiger charge is 2.28. The van der Waals surface area contributed by atoms with Crippen LogP contribution in [0.4, 0.5) is 0 Å². The zero-order valence-electron chi connectivity index (χ0n) is 20.3. The van der Waals surface area contributed by atoms with Crippen molar-refractivity contribution in [3.63, 3.8) is 0 Å². The second-order valence-electron chi connectivity index (χ2n) is 9.45. The number of imidazole rings is 1. The van der Waals surface area contributed by atoms with Crippen LogP contribution in [0.2, 0.25) is 0 Å². The lowest BCUT2D eigenvalue weighted by atomic mass is 10.1. The van der Waals surface area contributed by atoms with E-state index >= 15 is 0 Å². The fraction of sp³-hybridized carbons (Fsp3) is 0.462. The molecule has 1 amide bonds. The topological polar surface area (TPSA) is 94.6 Å². The van der Waals surface area contributed by atoms with E-state index in [0.717, 1.165) is 12.8 Å². The highest BCUT2D eigenvalue weighted by atomic mass is 32.2. The molecule has 35 heavy (non-hydrogen) atoms. The number of benzene rings is 1. The fourth-order valence-corrected chi connectivity index (χ4v) is 5.81. The summed E-state index contributed by atoms with van der Waals surface area (Å²) in [5.74, 6) is 0.706. The average molecular weight is 500 g/mol. The highest BCUT2D eigenvalue weighted by Crippen LogP contribution is 2.23. The molecule has 9 heteroatoms. The Kier molecular flexibility index (Phi) is 8.07. The zero-order chi connectivity index (χ0) is 24.8. The van der Waals surface area contributed by atoms with Crippen LogP contribution in [-0.2, 0) is 44.8 Å². The first-order valence-electron chi connectivity index (χ1n) is 12.0. The molecule has 0 bridgehead atoms. The summed E-state index contributed by atoms with van der Waals surface area (Å²) in [5, 5.41) is 0.0149. The quantitative estimate of drug-likeness (QED) is 0.392. The van der Waals surface area contributed by atoms with Crippen molar-refractivity contribution in [2.45, 2.75) is 69.8 Å². The van der Waals surface area contributed by atoms with Crippen molar-refractivity contribution in [3.05, 3.63) is 71.9 Å². The summed E-state index contributed by atoms with van der Waals surface area (Å²) in [4.78, 5) is 19.2. The van der Waals surface area contributed by atoms with Crippen molar-refractivity contribution in [2.24, 2.45) is 5.92 Å². The van der Waals surface area contributed by atoms with E-state index in [0.29, 0.717) is 43.1 Å². The fourth-order valence-electron chi connectivity index (χ4n) is 4.31. The van der Waals surface area contributed by atoms with E-state index in [4.69, 9.17) is 9.15 Å². The monoisotopic (exact) mass is 499 g/mol. The molecule has 1 atom stereocenters. The number of nitrogens with zero attached hydrogens (tertiary/aromatic N) is 3. The van der Waals surface area contributed by atoms with Crippen LogP contribution in [-0.4, -0.2) is 41.5 Å². The Hall–Kier alpha value is -2.91. The Labute approximate surface area is 206 Å². The summed E-state index contributed by atoms with van der Waals surface area (Å²) in [6.07, 6.45) is 5.26. The van der Waals surface area contributed by atoms with Crippen molar-refractivity contribution in [1.82, 2.24) is 14.5 Å². The predicted octanol–water partition coefficient (Wildman–Crippen LogP) is 4.20. The Balaban J connectivity index is 1.65. The van der Waals surface area contributed by atoms with Crippen molar-refractivity contribution < 1.29 is 22.4 Å². The van der Waals surface area contributed by atoms with Gasteiger partial charge in [0, 0.05) is 13.0 Å². The smallest absolute Gasteiger partial charge is 0.228 e. The van der Waals surface area contributed by atoms with Crippen molar-refractivity contribution >= 4 is 15.7 Å². The predicted molar refractivity (Wildman–Crippen MR) is 131 cm³/mol. The molecule has 0 saturated carbocycles. The van der Waals surface area contributed by atoms with E-state index in [2.05, 4.69) is 4.98 Å². The Morgan fingerprint density at radius 3 is 2.63 bits per heavy atom. The van der Waals surface area contributed by atoms with Gasteiger partial charge in [0.05, 0.1) is 49.6 Å². The van der Waals surface area contributed by atoms with Gasteiger partial charge in [-0.3, -0.25) is 4.79 Å². The molecule has 4 rings (SSSR count). The minimum Gasteiger partial charge on any atom is -0.467 e. The number of rotatable bonds is 11. The Morgan fingerprint density at radius 2 is 1.97 bits per heavy atom. The van der Waals surface area contributed by atoms with E-state index in [1.807, 2.05) is 38.1 Å². The van der Waals surface area contributed by atoms with Gasteiger partial charge in [-0.1, -0.05) is 44.2 Å². The lowest BCUT2D eigenvalue weighted by molar-refractivity contribution is -0.133. The van der Waals surface area contributed by atoms with Gasteiger partial charge in [-0.25, -0.2) is 13.4 Å². The first-order chi connectivity index (χ1) is 16.8. The molecule has 1 fully saturated rings. The zero-order valence-corrected chi connectivity index (χ0v) is 21.1. The lowest BCUT2D eigenvalue weighted by Crippen LogP contribution is -2.32. The summed E-state index contributed by atoms with van der Waals surface area (Å²) in [6.45, 7) is 5.57. The van der Waals surface area contributed by atoms with E-state index < -0.39 is 9.84 Å².